The SMILES string of the molecule is CCSc1ccc(Cl)cc1Cn1cnc2cc(CN3CCNCC3)c(Cl)cc2c1=O. The van der Waals surface area contributed by atoms with E-state index in [4.69, 9.17) is 23.2 Å². The van der Waals surface area contributed by atoms with Gasteiger partial charge in [-0.05, 0) is 47.2 Å². The maximum Gasteiger partial charge on any atom is 0.261 e. The van der Waals surface area contributed by atoms with E-state index in [0.717, 1.165) is 54.5 Å². The predicted molar refractivity (Wildman–Crippen MR) is 126 cm³/mol. The van der Waals surface area contributed by atoms with Gasteiger partial charge in [-0.3, -0.25) is 14.3 Å². The molecule has 0 aliphatic carbocycles. The third kappa shape index (κ3) is 4.84. The summed E-state index contributed by atoms with van der Waals surface area (Å²) < 4.78 is 1.63. The van der Waals surface area contributed by atoms with Crippen LogP contribution in [0.25, 0.3) is 10.9 Å². The molecule has 1 aromatic heterocycles. The zero-order valence-corrected chi connectivity index (χ0v) is 19.2. The van der Waals surface area contributed by atoms with Gasteiger partial charge in [-0.15, -0.1) is 11.8 Å². The summed E-state index contributed by atoms with van der Waals surface area (Å²) in [4.78, 5) is 21.2. The van der Waals surface area contributed by atoms with Crippen molar-refractivity contribution in [2.24, 2.45) is 0 Å². The number of rotatable bonds is 6. The van der Waals surface area contributed by atoms with E-state index < -0.39 is 0 Å². The second-order valence-corrected chi connectivity index (χ2v) is 9.50. The summed E-state index contributed by atoms with van der Waals surface area (Å²) in [5.41, 5.74) is 2.61. The highest BCUT2D eigenvalue weighted by atomic mass is 35.5. The molecule has 2 heterocycles. The van der Waals surface area contributed by atoms with Gasteiger partial charge in [-0.25, -0.2) is 4.98 Å². The Labute approximate surface area is 190 Å². The van der Waals surface area contributed by atoms with Gasteiger partial charge in [-0.1, -0.05) is 30.1 Å². The van der Waals surface area contributed by atoms with E-state index in [1.54, 1.807) is 28.7 Å². The number of halogens is 2. The molecule has 0 unspecified atom stereocenters. The molecule has 1 saturated heterocycles. The third-order valence-corrected chi connectivity index (χ3v) is 6.84. The van der Waals surface area contributed by atoms with E-state index in [2.05, 4.69) is 22.1 Å². The number of piperazine rings is 1. The van der Waals surface area contributed by atoms with Crippen LogP contribution in [0.5, 0.6) is 0 Å². The highest BCUT2D eigenvalue weighted by Crippen LogP contribution is 2.27. The van der Waals surface area contributed by atoms with Crippen LogP contribution in [0.15, 0.2) is 46.3 Å². The fourth-order valence-corrected chi connectivity index (χ4v) is 4.92. The molecule has 1 N–H and O–H groups in total. The van der Waals surface area contributed by atoms with Crippen LogP contribution >= 0.6 is 35.0 Å². The molecule has 1 fully saturated rings. The van der Waals surface area contributed by atoms with Crippen LogP contribution in [-0.2, 0) is 13.1 Å². The lowest BCUT2D eigenvalue weighted by molar-refractivity contribution is 0.233. The van der Waals surface area contributed by atoms with Gasteiger partial charge in [0, 0.05) is 47.7 Å². The monoisotopic (exact) mass is 462 g/mol. The molecule has 4 rings (SSSR count). The minimum absolute atomic E-state index is 0.0944. The molecule has 158 valence electrons. The van der Waals surface area contributed by atoms with Crippen molar-refractivity contribution in [1.29, 1.82) is 0 Å². The van der Waals surface area contributed by atoms with E-state index in [0.29, 0.717) is 27.5 Å². The third-order valence-electron chi connectivity index (χ3n) is 5.26. The van der Waals surface area contributed by atoms with Gasteiger partial charge in [-0.2, -0.15) is 0 Å². The lowest BCUT2D eigenvalue weighted by Gasteiger charge is -2.27. The van der Waals surface area contributed by atoms with Crippen molar-refractivity contribution in [3.05, 3.63) is 68.2 Å². The van der Waals surface area contributed by atoms with Crippen molar-refractivity contribution in [2.45, 2.75) is 24.9 Å². The zero-order valence-electron chi connectivity index (χ0n) is 16.8. The van der Waals surface area contributed by atoms with Gasteiger partial charge in [0.05, 0.1) is 23.8 Å². The van der Waals surface area contributed by atoms with Gasteiger partial charge >= 0.3 is 0 Å². The highest BCUT2D eigenvalue weighted by Gasteiger charge is 2.15. The molecule has 5 nitrogen and oxygen atoms in total. The van der Waals surface area contributed by atoms with Crippen molar-refractivity contribution in [3.8, 4) is 0 Å². The maximum atomic E-state index is 13.1. The van der Waals surface area contributed by atoms with Crippen LogP contribution < -0.4 is 10.9 Å². The van der Waals surface area contributed by atoms with Gasteiger partial charge < -0.3 is 5.32 Å². The van der Waals surface area contributed by atoms with Gasteiger partial charge in [0.1, 0.15) is 0 Å². The minimum Gasteiger partial charge on any atom is -0.314 e. The lowest BCUT2D eigenvalue weighted by atomic mass is 10.1. The van der Waals surface area contributed by atoms with Crippen molar-refractivity contribution in [2.75, 3.05) is 31.9 Å². The molecule has 0 radical (unpaired) electrons. The van der Waals surface area contributed by atoms with Gasteiger partial charge in [0.2, 0.25) is 0 Å². The Balaban J connectivity index is 1.65. The number of nitrogens with one attached hydrogen (secondary N) is 1. The quantitative estimate of drug-likeness (QED) is 0.554. The lowest BCUT2D eigenvalue weighted by Crippen LogP contribution is -2.42. The Bertz CT molecular complexity index is 1110. The first kappa shape index (κ1) is 21.7. The average Bonchev–Trinajstić information content (AvgIpc) is 2.74. The van der Waals surface area contributed by atoms with E-state index >= 15 is 0 Å². The number of thioether (sulfide) groups is 1. The number of hydrogen-bond donors (Lipinski definition) is 1. The molecule has 1 aliphatic heterocycles. The van der Waals surface area contributed by atoms with Crippen LogP contribution in [0.2, 0.25) is 10.0 Å². The summed E-state index contributed by atoms with van der Waals surface area (Å²) >= 11 is 14.5. The van der Waals surface area contributed by atoms with Gasteiger partial charge in [0.25, 0.3) is 5.56 Å². The van der Waals surface area contributed by atoms with Crippen molar-refractivity contribution >= 4 is 45.9 Å². The van der Waals surface area contributed by atoms with Crippen LogP contribution in [0.4, 0.5) is 0 Å². The van der Waals surface area contributed by atoms with Crippen LogP contribution in [0.3, 0.4) is 0 Å². The first-order valence-electron chi connectivity index (χ1n) is 10.1. The summed E-state index contributed by atoms with van der Waals surface area (Å²) in [7, 11) is 0. The number of hydrogen-bond acceptors (Lipinski definition) is 5. The van der Waals surface area contributed by atoms with E-state index in [1.165, 1.54) is 0 Å². The van der Waals surface area contributed by atoms with Crippen LogP contribution in [0.1, 0.15) is 18.1 Å². The topological polar surface area (TPSA) is 50.2 Å². The normalized spacial score (nSPS) is 15.0. The standard InChI is InChI=1S/C22H24Cl2N4OS/c1-2-30-21-4-3-17(23)9-16(21)13-28-14-26-20-10-15(12-27-7-5-25-6-8-27)19(24)11-18(20)22(28)29/h3-4,9-11,14,25H,2,5-8,12-13H2,1H3. The molecular weight excluding hydrogens is 439 g/mol. The largest absolute Gasteiger partial charge is 0.314 e. The number of benzene rings is 2. The molecule has 0 saturated carbocycles. The first-order chi connectivity index (χ1) is 14.5. The minimum atomic E-state index is -0.0944. The number of nitrogens with zero attached hydrogens (tertiary/aromatic N) is 3. The molecule has 1 aliphatic rings. The number of aromatic nitrogens is 2. The molecule has 3 aromatic rings. The summed E-state index contributed by atoms with van der Waals surface area (Å²) in [6.07, 6.45) is 1.62. The predicted octanol–water partition coefficient (Wildman–Crippen LogP) is 4.27. The zero-order chi connectivity index (χ0) is 21.1. The maximum absolute atomic E-state index is 13.1. The summed E-state index contributed by atoms with van der Waals surface area (Å²) in [6, 6.07) is 9.51. The van der Waals surface area contributed by atoms with Crippen molar-refractivity contribution in [1.82, 2.24) is 19.8 Å². The van der Waals surface area contributed by atoms with E-state index in [1.807, 2.05) is 24.3 Å². The Morgan fingerprint density at radius 1 is 1.10 bits per heavy atom. The molecule has 8 heteroatoms. The van der Waals surface area contributed by atoms with Crippen LogP contribution in [-0.4, -0.2) is 46.4 Å². The summed E-state index contributed by atoms with van der Waals surface area (Å²) in [6.45, 7) is 7.23. The molecule has 0 amide bonds. The second-order valence-electron chi connectivity index (χ2n) is 7.35. The molecular formula is C22H24Cl2N4OS. The highest BCUT2D eigenvalue weighted by molar-refractivity contribution is 7.99. The molecule has 30 heavy (non-hydrogen) atoms. The van der Waals surface area contributed by atoms with Crippen LogP contribution in [0, 0.1) is 0 Å². The Morgan fingerprint density at radius 3 is 2.67 bits per heavy atom. The Kier molecular flexibility index (Phi) is 7.01. The van der Waals surface area contributed by atoms with Gasteiger partial charge in [0.15, 0.2) is 0 Å². The fourth-order valence-electron chi connectivity index (χ4n) is 3.72. The second kappa shape index (κ2) is 9.71. The van der Waals surface area contributed by atoms with E-state index in [9.17, 15) is 4.79 Å². The van der Waals surface area contributed by atoms with Crippen molar-refractivity contribution in [3.63, 3.8) is 0 Å². The fraction of sp³-hybridized carbons (Fsp3) is 0.364. The molecule has 2 aromatic carbocycles. The summed E-state index contributed by atoms with van der Waals surface area (Å²) in [5, 5.41) is 5.17. The Morgan fingerprint density at radius 2 is 1.90 bits per heavy atom. The first-order valence-corrected chi connectivity index (χ1v) is 11.8. The van der Waals surface area contributed by atoms with E-state index in [-0.39, 0.29) is 5.56 Å². The summed E-state index contributed by atoms with van der Waals surface area (Å²) in [5.74, 6) is 0.949. The molecule has 0 bridgehead atoms. The molecule has 0 spiro atoms. The number of fused-ring (bicyclic) bond motifs is 1. The molecule has 0 atom stereocenters. The average molecular weight is 463 g/mol. The Hall–Kier alpha value is -1.57. The van der Waals surface area contributed by atoms with Crippen molar-refractivity contribution < 1.29 is 0 Å². The smallest absolute Gasteiger partial charge is 0.261 e.